The van der Waals surface area contributed by atoms with E-state index in [1.165, 1.54) is 6.07 Å². The topological polar surface area (TPSA) is 43.1 Å². The van der Waals surface area contributed by atoms with Crippen LogP contribution in [0.3, 0.4) is 0 Å². The molecule has 76 valence electrons. The van der Waals surface area contributed by atoms with Gasteiger partial charge in [0, 0.05) is 6.42 Å². The zero-order valence-corrected chi connectivity index (χ0v) is 8.57. The van der Waals surface area contributed by atoms with E-state index in [9.17, 15) is 9.18 Å². The lowest BCUT2D eigenvalue weighted by Gasteiger charge is -2.06. The largest absolute Gasteiger partial charge is 0.330 e. The Morgan fingerprint density at radius 3 is 2.79 bits per heavy atom. The fraction of sp³-hybridized carbons (Fsp3) is 0.300. The van der Waals surface area contributed by atoms with Gasteiger partial charge in [-0.15, -0.1) is 0 Å². The Morgan fingerprint density at radius 1 is 1.57 bits per heavy atom. The third-order valence-electron chi connectivity index (χ3n) is 1.95. The first-order valence-electron chi connectivity index (χ1n) is 4.25. The maximum absolute atomic E-state index is 13.4. The molecule has 0 heterocycles. The second kappa shape index (κ2) is 4.53. The molecule has 0 unspecified atom stereocenters. The smallest absolute Gasteiger partial charge is 0.167 e. The summed E-state index contributed by atoms with van der Waals surface area (Å²) in [6, 6.07) is 3.06. The Bertz CT molecular complexity index is 365. The molecule has 0 bridgehead atoms. The molecule has 0 atom stereocenters. The molecule has 0 radical (unpaired) electrons. The summed E-state index contributed by atoms with van der Waals surface area (Å²) in [5, 5.41) is -0.0315. The minimum atomic E-state index is -0.648. The van der Waals surface area contributed by atoms with Crippen LogP contribution in [0.25, 0.3) is 0 Å². The molecule has 0 spiro atoms. The average Bonchev–Trinajstić information content (AvgIpc) is 2.13. The Balaban J connectivity index is 3.18. The van der Waals surface area contributed by atoms with Crippen LogP contribution >= 0.6 is 11.6 Å². The molecule has 0 amide bonds. The monoisotopic (exact) mass is 215 g/mol. The summed E-state index contributed by atoms with van der Waals surface area (Å²) < 4.78 is 13.4. The van der Waals surface area contributed by atoms with Crippen molar-refractivity contribution in [3.8, 4) is 0 Å². The minimum Gasteiger partial charge on any atom is -0.330 e. The van der Waals surface area contributed by atoms with E-state index in [-0.39, 0.29) is 29.3 Å². The summed E-state index contributed by atoms with van der Waals surface area (Å²) in [4.78, 5) is 11.5. The number of hydrogen-bond donors (Lipinski definition) is 1. The molecule has 14 heavy (non-hydrogen) atoms. The normalized spacial score (nSPS) is 10.3. The van der Waals surface area contributed by atoms with Gasteiger partial charge in [-0.2, -0.15) is 0 Å². The van der Waals surface area contributed by atoms with Crippen molar-refractivity contribution in [1.82, 2.24) is 0 Å². The van der Waals surface area contributed by atoms with Gasteiger partial charge in [0.2, 0.25) is 0 Å². The van der Waals surface area contributed by atoms with E-state index in [4.69, 9.17) is 17.3 Å². The molecule has 2 N–H and O–H groups in total. The number of nitrogens with two attached hydrogens (primary N) is 1. The number of hydrogen-bond acceptors (Lipinski definition) is 2. The van der Waals surface area contributed by atoms with Crippen LogP contribution in [-0.4, -0.2) is 12.3 Å². The maximum atomic E-state index is 13.4. The summed E-state index contributed by atoms with van der Waals surface area (Å²) in [5.41, 5.74) is 5.88. The summed E-state index contributed by atoms with van der Waals surface area (Å²) in [6.07, 6.45) is 0.137. The van der Waals surface area contributed by atoms with Crippen LogP contribution in [-0.2, 0) is 0 Å². The first-order chi connectivity index (χ1) is 6.57. The summed E-state index contributed by atoms with van der Waals surface area (Å²) in [7, 11) is 0. The SMILES string of the molecule is Cc1ccc(Cl)c(F)c1C(=O)CCN. The number of benzene rings is 1. The van der Waals surface area contributed by atoms with Crippen LogP contribution in [0.5, 0.6) is 0 Å². The number of carbonyl (C=O) groups is 1. The lowest BCUT2D eigenvalue weighted by Crippen LogP contribution is -2.11. The van der Waals surface area contributed by atoms with Crippen molar-refractivity contribution < 1.29 is 9.18 Å². The van der Waals surface area contributed by atoms with Gasteiger partial charge in [0.1, 0.15) is 0 Å². The van der Waals surface area contributed by atoms with E-state index in [1.54, 1.807) is 13.0 Å². The average molecular weight is 216 g/mol. The molecule has 1 rings (SSSR count). The molecule has 0 aliphatic heterocycles. The van der Waals surface area contributed by atoms with Crippen molar-refractivity contribution in [3.05, 3.63) is 34.1 Å². The standard InChI is InChI=1S/C10H11ClFNO/c1-6-2-3-7(11)10(12)9(6)8(14)4-5-13/h2-3H,4-5,13H2,1H3. The number of carbonyl (C=O) groups excluding carboxylic acids is 1. The number of aryl methyl sites for hydroxylation is 1. The molecule has 0 fully saturated rings. The molecule has 0 saturated heterocycles. The van der Waals surface area contributed by atoms with Crippen molar-refractivity contribution in [2.75, 3.05) is 6.54 Å². The molecule has 1 aromatic carbocycles. The number of Topliss-reactive ketones (excluding diaryl/α,β-unsaturated/α-hetero) is 1. The van der Waals surface area contributed by atoms with Gasteiger partial charge in [0.15, 0.2) is 11.6 Å². The van der Waals surface area contributed by atoms with E-state index in [1.807, 2.05) is 0 Å². The third kappa shape index (κ3) is 2.11. The Morgan fingerprint density at radius 2 is 2.21 bits per heavy atom. The fourth-order valence-corrected chi connectivity index (χ4v) is 1.40. The van der Waals surface area contributed by atoms with Crippen LogP contribution in [0.2, 0.25) is 5.02 Å². The highest BCUT2D eigenvalue weighted by Gasteiger charge is 2.16. The van der Waals surface area contributed by atoms with Gasteiger partial charge in [-0.3, -0.25) is 4.79 Å². The van der Waals surface area contributed by atoms with Gasteiger partial charge in [-0.25, -0.2) is 4.39 Å². The molecule has 0 saturated carbocycles. The number of halogens is 2. The third-order valence-corrected chi connectivity index (χ3v) is 2.25. The highest BCUT2D eigenvalue weighted by molar-refractivity contribution is 6.31. The van der Waals surface area contributed by atoms with Crippen molar-refractivity contribution in [1.29, 1.82) is 0 Å². The highest BCUT2D eigenvalue weighted by Crippen LogP contribution is 2.22. The zero-order valence-electron chi connectivity index (χ0n) is 7.81. The number of ketones is 1. The summed E-state index contributed by atoms with van der Waals surface area (Å²) in [6.45, 7) is 1.88. The first kappa shape index (κ1) is 11.1. The van der Waals surface area contributed by atoms with Crippen molar-refractivity contribution in [3.63, 3.8) is 0 Å². The zero-order chi connectivity index (χ0) is 10.7. The van der Waals surface area contributed by atoms with Crippen LogP contribution in [0.4, 0.5) is 4.39 Å². The van der Waals surface area contributed by atoms with Crippen molar-refractivity contribution in [2.24, 2.45) is 5.73 Å². The van der Waals surface area contributed by atoms with Crippen molar-refractivity contribution >= 4 is 17.4 Å². The number of rotatable bonds is 3. The molecule has 4 heteroatoms. The molecular formula is C10H11ClFNO. The van der Waals surface area contributed by atoms with Crippen LogP contribution in [0.15, 0.2) is 12.1 Å². The van der Waals surface area contributed by atoms with Crippen LogP contribution in [0.1, 0.15) is 22.3 Å². The van der Waals surface area contributed by atoms with Gasteiger partial charge < -0.3 is 5.73 Å². The fourth-order valence-electron chi connectivity index (χ4n) is 1.25. The molecule has 1 aromatic rings. The van der Waals surface area contributed by atoms with Gasteiger partial charge in [-0.1, -0.05) is 17.7 Å². The minimum absolute atomic E-state index is 0.0315. The summed E-state index contributed by atoms with van der Waals surface area (Å²) >= 11 is 5.57. The lowest BCUT2D eigenvalue weighted by molar-refractivity contribution is 0.0981. The predicted octanol–water partition coefficient (Wildman–Crippen LogP) is 2.32. The summed E-state index contributed by atoms with van der Waals surface area (Å²) in [5.74, 6) is -0.949. The Labute approximate surface area is 86.9 Å². The van der Waals surface area contributed by atoms with E-state index < -0.39 is 5.82 Å². The van der Waals surface area contributed by atoms with Crippen LogP contribution in [0, 0.1) is 12.7 Å². The second-order valence-corrected chi connectivity index (χ2v) is 3.42. The van der Waals surface area contributed by atoms with Gasteiger partial charge in [-0.05, 0) is 25.1 Å². The molecule has 0 aromatic heterocycles. The maximum Gasteiger partial charge on any atom is 0.167 e. The molecule has 0 aliphatic rings. The predicted molar refractivity (Wildman–Crippen MR) is 54.1 cm³/mol. The second-order valence-electron chi connectivity index (χ2n) is 3.02. The quantitative estimate of drug-likeness (QED) is 0.787. The molecular weight excluding hydrogens is 205 g/mol. The van der Waals surface area contributed by atoms with Gasteiger partial charge in [0.05, 0.1) is 10.6 Å². The Hall–Kier alpha value is -0.930. The van der Waals surface area contributed by atoms with Crippen LogP contribution < -0.4 is 5.73 Å². The molecule has 2 nitrogen and oxygen atoms in total. The van der Waals surface area contributed by atoms with Gasteiger partial charge >= 0.3 is 0 Å². The van der Waals surface area contributed by atoms with Crippen molar-refractivity contribution in [2.45, 2.75) is 13.3 Å². The van der Waals surface area contributed by atoms with Gasteiger partial charge in [0.25, 0.3) is 0 Å². The van der Waals surface area contributed by atoms with E-state index in [0.717, 1.165) is 0 Å². The molecule has 0 aliphatic carbocycles. The van der Waals surface area contributed by atoms with E-state index >= 15 is 0 Å². The Kier molecular flexibility index (Phi) is 3.61. The van der Waals surface area contributed by atoms with E-state index in [0.29, 0.717) is 5.56 Å². The lowest BCUT2D eigenvalue weighted by atomic mass is 10.0. The highest BCUT2D eigenvalue weighted by atomic mass is 35.5. The first-order valence-corrected chi connectivity index (χ1v) is 4.63. The van der Waals surface area contributed by atoms with E-state index in [2.05, 4.69) is 0 Å².